The van der Waals surface area contributed by atoms with E-state index in [4.69, 9.17) is 4.74 Å². The van der Waals surface area contributed by atoms with E-state index in [1.165, 1.54) is 35.5 Å². The fraction of sp³-hybridized carbons (Fsp3) is 0.364. The third kappa shape index (κ3) is 5.67. The maximum absolute atomic E-state index is 12.5. The van der Waals surface area contributed by atoms with E-state index in [9.17, 15) is 18.0 Å². The lowest BCUT2D eigenvalue weighted by molar-refractivity contribution is -0.123. The first-order chi connectivity index (χ1) is 14.2. The third-order valence-corrected chi connectivity index (χ3v) is 6.78. The Labute approximate surface area is 178 Å². The number of anilines is 1. The van der Waals surface area contributed by atoms with Crippen LogP contribution in [0.25, 0.3) is 0 Å². The van der Waals surface area contributed by atoms with Crippen molar-refractivity contribution in [1.29, 1.82) is 0 Å². The molecule has 0 aromatic heterocycles. The van der Waals surface area contributed by atoms with Crippen LogP contribution in [0.1, 0.15) is 43.6 Å². The lowest BCUT2D eigenvalue weighted by atomic mass is 10.1. The third-order valence-electron chi connectivity index (χ3n) is 4.72. The summed E-state index contributed by atoms with van der Waals surface area (Å²) in [4.78, 5) is 24.7. The predicted octanol–water partition coefficient (Wildman–Crippen LogP) is 3.46. The van der Waals surface area contributed by atoms with Gasteiger partial charge in [-0.15, -0.1) is 0 Å². The van der Waals surface area contributed by atoms with Crippen molar-refractivity contribution in [2.24, 2.45) is 0 Å². The van der Waals surface area contributed by atoms with Crippen molar-refractivity contribution in [3.63, 3.8) is 0 Å². The highest BCUT2D eigenvalue weighted by Crippen LogP contribution is 2.17. The smallest absolute Gasteiger partial charge is 0.338 e. The molecule has 0 heterocycles. The van der Waals surface area contributed by atoms with Gasteiger partial charge in [-0.2, -0.15) is 4.31 Å². The van der Waals surface area contributed by atoms with Crippen molar-refractivity contribution in [2.75, 3.05) is 18.4 Å². The van der Waals surface area contributed by atoms with E-state index in [1.807, 2.05) is 19.1 Å². The summed E-state index contributed by atoms with van der Waals surface area (Å²) in [6.45, 7) is 7.76. The number of amides is 1. The number of carbonyl (C=O) groups is 2. The van der Waals surface area contributed by atoms with Gasteiger partial charge < -0.3 is 10.1 Å². The van der Waals surface area contributed by atoms with Crippen LogP contribution in [-0.4, -0.2) is 43.8 Å². The Morgan fingerprint density at radius 2 is 1.53 bits per heavy atom. The van der Waals surface area contributed by atoms with Crippen molar-refractivity contribution < 1.29 is 22.7 Å². The van der Waals surface area contributed by atoms with E-state index in [2.05, 4.69) is 5.32 Å². The molecule has 0 saturated carbocycles. The molecule has 0 saturated heterocycles. The van der Waals surface area contributed by atoms with E-state index in [1.54, 1.807) is 26.0 Å². The van der Waals surface area contributed by atoms with Crippen LogP contribution in [0.5, 0.6) is 0 Å². The van der Waals surface area contributed by atoms with Crippen molar-refractivity contribution in [2.45, 2.75) is 45.1 Å². The van der Waals surface area contributed by atoms with Crippen molar-refractivity contribution in [1.82, 2.24) is 4.31 Å². The molecule has 1 N–H and O–H groups in total. The van der Waals surface area contributed by atoms with Gasteiger partial charge in [0.25, 0.3) is 5.91 Å². The van der Waals surface area contributed by atoms with Crippen LogP contribution in [0.2, 0.25) is 0 Å². The molecule has 8 heteroatoms. The lowest BCUT2D eigenvalue weighted by Gasteiger charge is -2.18. The second-order valence-electron chi connectivity index (χ2n) is 6.70. The van der Waals surface area contributed by atoms with Crippen molar-refractivity contribution >= 4 is 27.6 Å². The molecule has 2 aromatic rings. The molecule has 30 heavy (non-hydrogen) atoms. The SMILES string of the molecule is CCc1ccc(NC(=O)[C@@H](C)OC(=O)c2ccc(S(=O)(=O)N(CC)CC)cc2)cc1. The number of nitrogens with one attached hydrogen (secondary N) is 1. The normalized spacial score (nSPS) is 12.4. The Kier molecular flexibility index (Phi) is 8.14. The van der Waals surface area contributed by atoms with Crippen molar-refractivity contribution in [3.8, 4) is 0 Å². The molecule has 162 valence electrons. The minimum Gasteiger partial charge on any atom is -0.449 e. The zero-order chi connectivity index (χ0) is 22.3. The molecule has 7 nitrogen and oxygen atoms in total. The number of esters is 1. The summed E-state index contributed by atoms with van der Waals surface area (Å²) in [5, 5.41) is 2.70. The van der Waals surface area contributed by atoms with E-state index in [-0.39, 0.29) is 10.5 Å². The van der Waals surface area contributed by atoms with E-state index >= 15 is 0 Å². The van der Waals surface area contributed by atoms with Gasteiger partial charge in [-0.25, -0.2) is 13.2 Å². The summed E-state index contributed by atoms with van der Waals surface area (Å²) >= 11 is 0. The number of hydrogen-bond donors (Lipinski definition) is 1. The highest BCUT2D eigenvalue weighted by atomic mass is 32.2. The molecule has 1 atom stereocenters. The Morgan fingerprint density at radius 3 is 2.03 bits per heavy atom. The molecule has 2 rings (SSSR count). The monoisotopic (exact) mass is 432 g/mol. The number of benzene rings is 2. The fourth-order valence-corrected chi connectivity index (χ4v) is 4.28. The molecule has 1 amide bonds. The maximum Gasteiger partial charge on any atom is 0.338 e. The fourth-order valence-electron chi connectivity index (χ4n) is 2.83. The van der Waals surface area contributed by atoms with Gasteiger partial charge in [-0.05, 0) is 55.3 Å². The Morgan fingerprint density at radius 1 is 0.967 bits per heavy atom. The number of hydrogen-bond acceptors (Lipinski definition) is 5. The molecular formula is C22H28N2O5S. The Hall–Kier alpha value is -2.71. The zero-order valence-corrected chi connectivity index (χ0v) is 18.5. The van der Waals surface area contributed by atoms with Gasteiger partial charge in [0.05, 0.1) is 10.5 Å². The number of ether oxygens (including phenoxy) is 1. The van der Waals surface area contributed by atoms with Crippen LogP contribution in [-0.2, 0) is 26.0 Å². The minimum absolute atomic E-state index is 0.101. The highest BCUT2D eigenvalue weighted by molar-refractivity contribution is 7.89. The summed E-state index contributed by atoms with van der Waals surface area (Å²) in [6, 6.07) is 12.9. The summed E-state index contributed by atoms with van der Waals surface area (Å²) in [6.07, 6.45) is -0.112. The van der Waals surface area contributed by atoms with Gasteiger partial charge in [0.15, 0.2) is 6.10 Å². The van der Waals surface area contributed by atoms with Crippen LogP contribution in [0.4, 0.5) is 5.69 Å². The van der Waals surface area contributed by atoms with Gasteiger partial charge in [-0.1, -0.05) is 32.9 Å². The van der Waals surface area contributed by atoms with E-state index in [0.717, 1.165) is 12.0 Å². The topological polar surface area (TPSA) is 92.8 Å². The van der Waals surface area contributed by atoms with Crippen LogP contribution >= 0.6 is 0 Å². The van der Waals surface area contributed by atoms with Crippen LogP contribution < -0.4 is 5.32 Å². The predicted molar refractivity (Wildman–Crippen MR) is 116 cm³/mol. The number of nitrogens with zero attached hydrogens (tertiary/aromatic N) is 1. The average Bonchev–Trinajstić information content (AvgIpc) is 2.75. The quantitative estimate of drug-likeness (QED) is 0.613. The number of aryl methyl sites for hydroxylation is 1. The average molecular weight is 433 g/mol. The van der Waals surface area contributed by atoms with Crippen LogP contribution in [0.3, 0.4) is 0 Å². The molecule has 0 aliphatic heterocycles. The standard InChI is InChI=1S/C22H28N2O5S/c1-5-17-8-12-19(13-9-17)23-21(25)16(4)29-22(26)18-10-14-20(15-11-18)30(27,28)24(6-2)7-3/h8-16H,5-7H2,1-4H3,(H,23,25)/t16-/m1/s1. The second kappa shape index (κ2) is 10.4. The number of carbonyl (C=O) groups excluding carboxylic acids is 2. The molecule has 0 aliphatic carbocycles. The van der Waals surface area contributed by atoms with E-state index < -0.39 is 28.0 Å². The first-order valence-corrected chi connectivity index (χ1v) is 11.4. The maximum atomic E-state index is 12.5. The molecule has 2 aromatic carbocycles. The first kappa shape index (κ1) is 23.6. The van der Waals surface area contributed by atoms with Crippen molar-refractivity contribution in [3.05, 3.63) is 59.7 Å². The summed E-state index contributed by atoms with van der Waals surface area (Å²) in [5.41, 5.74) is 1.94. The molecule has 0 radical (unpaired) electrons. The van der Waals surface area contributed by atoms with Gasteiger partial charge in [0, 0.05) is 18.8 Å². The molecule has 0 bridgehead atoms. The zero-order valence-electron chi connectivity index (χ0n) is 17.7. The first-order valence-electron chi connectivity index (χ1n) is 9.93. The van der Waals surface area contributed by atoms with Gasteiger partial charge >= 0.3 is 5.97 Å². The van der Waals surface area contributed by atoms with Gasteiger partial charge in [0.2, 0.25) is 10.0 Å². The van der Waals surface area contributed by atoms with Gasteiger partial charge in [0.1, 0.15) is 0 Å². The van der Waals surface area contributed by atoms with Crippen LogP contribution in [0, 0.1) is 0 Å². The summed E-state index contributed by atoms with van der Waals surface area (Å²) < 4.78 is 31.6. The minimum atomic E-state index is -3.60. The second-order valence-corrected chi connectivity index (χ2v) is 8.64. The largest absolute Gasteiger partial charge is 0.449 e. The molecular weight excluding hydrogens is 404 g/mol. The molecule has 0 fully saturated rings. The lowest BCUT2D eigenvalue weighted by Crippen LogP contribution is -2.31. The van der Waals surface area contributed by atoms with E-state index in [0.29, 0.717) is 18.8 Å². The molecule has 0 unspecified atom stereocenters. The summed E-state index contributed by atoms with van der Waals surface area (Å²) in [5.74, 6) is -1.15. The van der Waals surface area contributed by atoms with Crippen LogP contribution in [0.15, 0.2) is 53.4 Å². The Bertz CT molecular complexity index is 966. The number of rotatable bonds is 9. The van der Waals surface area contributed by atoms with Gasteiger partial charge in [-0.3, -0.25) is 4.79 Å². The number of sulfonamides is 1. The molecule has 0 spiro atoms. The molecule has 0 aliphatic rings. The highest BCUT2D eigenvalue weighted by Gasteiger charge is 2.23. The summed E-state index contributed by atoms with van der Waals surface area (Å²) in [7, 11) is -3.60. The Balaban J connectivity index is 2.01.